The summed E-state index contributed by atoms with van der Waals surface area (Å²) in [5.41, 5.74) is 6.26. The van der Waals surface area contributed by atoms with Crippen LogP contribution in [0.1, 0.15) is 25.5 Å². The highest BCUT2D eigenvalue weighted by Crippen LogP contribution is 2.39. The smallest absolute Gasteiger partial charge is 0.328 e. The van der Waals surface area contributed by atoms with Crippen LogP contribution in [0, 0.1) is 0 Å². The number of phenolic OH excluding ortho intramolecular Hbond substituents is 1. The van der Waals surface area contributed by atoms with Gasteiger partial charge in [-0.15, -0.1) is 11.8 Å². The molecule has 1 saturated heterocycles. The zero-order chi connectivity index (χ0) is 19.6. The lowest BCUT2D eigenvalue weighted by molar-refractivity contribution is -0.143. The molecule has 1 heterocycles. The Hall–Kier alpha value is -2.30. The molecular formula is C16H21N3O6S. The Kier molecular flexibility index (Phi) is 5.79. The van der Waals surface area contributed by atoms with E-state index in [2.05, 4.69) is 10.6 Å². The van der Waals surface area contributed by atoms with Gasteiger partial charge in [0.25, 0.3) is 0 Å². The summed E-state index contributed by atoms with van der Waals surface area (Å²) >= 11 is 1.13. The number of nitrogens with two attached hydrogens (primary N) is 1. The number of carbonyl (C=O) groups excluding carboxylic acids is 1. The number of carboxylic acids is 2. The number of hydrogen-bond donors (Lipinski definition) is 6. The highest BCUT2D eigenvalue weighted by molar-refractivity contribution is 8.01. The molecule has 1 aromatic carbocycles. The van der Waals surface area contributed by atoms with E-state index in [4.69, 9.17) is 5.73 Å². The van der Waals surface area contributed by atoms with E-state index in [-0.39, 0.29) is 5.75 Å². The van der Waals surface area contributed by atoms with E-state index >= 15 is 0 Å². The van der Waals surface area contributed by atoms with Crippen LogP contribution in [-0.2, 0) is 14.4 Å². The fraction of sp³-hybridized carbons (Fsp3) is 0.438. The first-order valence-corrected chi connectivity index (χ1v) is 8.65. The molecule has 0 saturated carbocycles. The molecule has 1 aliphatic rings. The first-order valence-electron chi connectivity index (χ1n) is 7.77. The predicted molar refractivity (Wildman–Crippen MR) is 94.6 cm³/mol. The lowest BCUT2D eigenvalue weighted by atomic mass is 10.0. The number of thioether (sulfide) groups is 1. The number of benzene rings is 1. The van der Waals surface area contributed by atoms with Gasteiger partial charge in [-0.1, -0.05) is 12.1 Å². The minimum Gasteiger partial charge on any atom is -0.508 e. The van der Waals surface area contributed by atoms with Crippen molar-refractivity contribution in [1.82, 2.24) is 10.6 Å². The first kappa shape index (κ1) is 20.0. The molecule has 1 unspecified atom stereocenters. The van der Waals surface area contributed by atoms with Gasteiger partial charge in [-0.3, -0.25) is 14.9 Å². The van der Waals surface area contributed by atoms with Crippen LogP contribution in [0.4, 0.5) is 0 Å². The maximum Gasteiger partial charge on any atom is 0.328 e. The molecular weight excluding hydrogens is 362 g/mol. The monoisotopic (exact) mass is 383 g/mol. The molecule has 0 aromatic heterocycles. The SMILES string of the molecule is CC1(C)S[C@H]([C@H](NC(=O)C(N)c2ccc(O)cc2)C(=O)O)N[C@H]1C(=O)O. The molecule has 0 aliphatic carbocycles. The standard InChI is InChI=1S/C16H21N3O6S/c1-16(2)11(15(24)25)19-13(26-16)10(14(22)23)18-12(21)9(17)7-3-5-8(20)6-4-7/h3-6,9-11,13,19-20H,17H2,1-2H3,(H,18,21)(H,22,23)(H,24,25)/t9?,10-,11-,13+/m0/s1. The number of nitrogens with one attached hydrogen (secondary N) is 2. The molecule has 9 nitrogen and oxygen atoms in total. The van der Waals surface area contributed by atoms with E-state index < -0.39 is 46.1 Å². The third kappa shape index (κ3) is 4.26. The van der Waals surface area contributed by atoms with Gasteiger partial charge in [-0.2, -0.15) is 0 Å². The zero-order valence-electron chi connectivity index (χ0n) is 14.2. The molecule has 1 aromatic rings. The fourth-order valence-electron chi connectivity index (χ4n) is 2.67. The maximum absolute atomic E-state index is 12.4. The average molecular weight is 383 g/mol. The highest BCUT2D eigenvalue weighted by Gasteiger charge is 2.49. The number of aromatic hydroxyl groups is 1. The Morgan fingerprint density at radius 3 is 2.27 bits per heavy atom. The number of hydrogen-bond acceptors (Lipinski definition) is 7. The summed E-state index contributed by atoms with van der Waals surface area (Å²) < 4.78 is -0.756. The number of rotatable bonds is 6. The first-order chi connectivity index (χ1) is 12.0. The van der Waals surface area contributed by atoms with Crippen LogP contribution in [0.15, 0.2) is 24.3 Å². The summed E-state index contributed by atoms with van der Waals surface area (Å²) in [6.45, 7) is 3.37. The van der Waals surface area contributed by atoms with Crippen molar-refractivity contribution >= 4 is 29.6 Å². The molecule has 7 N–H and O–H groups in total. The van der Waals surface area contributed by atoms with Gasteiger partial charge in [-0.05, 0) is 31.5 Å². The van der Waals surface area contributed by atoms with Crippen LogP contribution in [0.2, 0.25) is 0 Å². The lowest BCUT2D eigenvalue weighted by Crippen LogP contribution is -2.55. The van der Waals surface area contributed by atoms with Crippen LogP contribution in [0.3, 0.4) is 0 Å². The van der Waals surface area contributed by atoms with Crippen LogP contribution >= 0.6 is 11.8 Å². The van der Waals surface area contributed by atoms with Crippen molar-refractivity contribution < 1.29 is 29.7 Å². The number of carboxylic acid groups (broad SMARTS) is 2. The molecule has 1 aliphatic heterocycles. The van der Waals surface area contributed by atoms with Gasteiger partial charge in [0, 0.05) is 4.75 Å². The van der Waals surface area contributed by atoms with Crippen molar-refractivity contribution in [3.05, 3.63) is 29.8 Å². The van der Waals surface area contributed by atoms with Gasteiger partial charge in [0.1, 0.15) is 17.8 Å². The molecule has 1 amide bonds. The lowest BCUT2D eigenvalue weighted by Gasteiger charge is -2.23. The Bertz CT molecular complexity index is 708. The van der Waals surface area contributed by atoms with Gasteiger partial charge in [0.15, 0.2) is 6.04 Å². The van der Waals surface area contributed by atoms with E-state index in [0.29, 0.717) is 5.56 Å². The van der Waals surface area contributed by atoms with Crippen molar-refractivity contribution in [3.63, 3.8) is 0 Å². The van der Waals surface area contributed by atoms with E-state index in [0.717, 1.165) is 11.8 Å². The van der Waals surface area contributed by atoms with Crippen molar-refractivity contribution in [2.45, 2.75) is 42.1 Å². The normalized spacial score (nSPS) is 23.8. The molecule has 0 radical (unpaired) electrons. The van der Waals surface area contributed by atoms with Gasteiger partial charge in [0.05, 0.1) is 5.37 Å². The molecule has 142 valence electrons. The van der Waals surface area contributed by atoms with E-state index in [1.54, 1.807) is 13.8 Å². The second-order valence-electron chi connectivity index (χ2n) is 6.47. The van der Waals surface area contributed by atoms with Crippen LogP contribution in [0.25, 0.3) is 0 Å². The summed E-state index contributed by atoms with van der Waals surface area (Å²) in [6.07, 6.45) is 0. The Balaban J connectivity index is 2.13. The number of phenols is 1. The van der Waals surface area contributed by atoms with Gasteiger partial charge < -0.3 is 26.4 Å². The third-order valence-corrected chi connectivity index (χ3v) is 5.61. The predicted octanol–water partition coefficient (Wildman–Crippen LogP) is -0.144. The number of amides is 1. The summed E-state index contributed by atoms with van der Waals surface area (Å²) in [6, 6.07) is 2.20. The highest BCUT2D eigenvalue weighted by atomic mass is 32.2. The van der Waals surface area contributed by atoms with Crippen LogP contribution < -0.4 is 16.4 Å². The van der Waals surface area contributed by atoms with Gasteiger partial charge in [0.2, 0.25) is 5.91 Å². The Labute approximate surface area is 154 Å². The van der Waals surface area contributed by atoms with Gasteiger partial charge >= 0.3 is 11.9 Å². The molecule has 2 rings (SSSR count). The molecule has 10 heteroatoms. The quantitative estimate of drug-likeness (QED) is 0.392. The summed E-state index contributed by atoms with van der Waals surface area (Å²) in [4.78, 5) is 35.3. The Morgan fingerprint density at radius 1 is 1.23 bits per heavy atom. The molecule has 1 fully saturated rings. The second-order valence-corrected chi connectivity index (χ2v) is 8.27. The second kappa shape index (κ2) is 7.52. The van der Waals surface area contributed by atoms with E-state index in [1.807, 2.05) is 0 Å². The van der Waals surface area contributed by atoms with Crippen molar-refractivity contribution in [3.8, 4) is 5.75 Å². The average Bonchev–Trinajstić information content (AvgIpc) is 2.87. The molecule has 26 heavy (non-hydrogen) atoms. The van der Waals surface area contributed by atoms with Crippen LogP contribution in [0.5, 0.6) is 5.75 Å². The van der Waals surface area contributed by atoms with Gasteiger partial charge in [-0.25, -0.2) is 4.79 Å². The minimum absolute atomic E-state index is 0.0123. The topological polar surface area (TPSA) is 162 Å². The minimum atomic E-state index is -1.36. The number of carbonyl (C=O) groups is 3. The number of aliphatic carboxylic acids is 2. The maximum atomic E-state index is 12.4. The summed E-state index contributed by atoms with van der Waals surface area (Å²) in [7, 11) is 0. The van der Waals surface area contributed by atoms with Crippen molar-refractivity contribution in [2.75, 3.05) is 0 Å². The van der Waals surface area contributed by atoms with E-state index in [1.165, 1.54) is 24.3 Å². The van der Waals surface area contributed by atoms with Crippen LogP contribution in [-0.4, -0.2) is 55.4 Å². The van der Waals surface area contributed by atoms with Crippen molar-refractivity contribution in [2.24, 2.45) is 5.73 Å². The van der Waals surface area contributed by atoms with E-state index in [9.17, 15) is 29.7 Å². The molecule has 0 bridgehead atoms. The largest absolute Gasteiger partial charge is 0.508 e. The third-order valence-electron chi connectivity index (χ3n) is 4.11. The molecule has 4 atom stereocenters. The zero-order valence-corrected chi connectivity index (χ0v) is 15.0. The van der Waals surface area contributed by atoms with Crippen molar-refractivity contribution in [1.29, 1.82) is 0 Å². The molecule has 0 spiro atoms. The summed E-state index contributed by atoms with van der Waals surface area (Å²) in [5, 5.41) is 32.3. The summed E-state index contributed by atoms with van der Waals surface area (Å²) in [5.74, 6) is -3.11. The fourth-order valence-corrected chi connectivity index (χ4v) is 4.15. The Morgan fingerprint density at radius 2 is 1.81 bits per heavy atom.